The van der Waals surface area contributed by atoms with E-state index in [0.29, 0.717) is 0 Å². The summed E-state index contributed by atoms with van der Waals surface area (Å²) < 4.78 is 27.7. The molecule has 1 aliphatic heterocycles. The largest absolute Gasteiger partial charge is 0.336 e. The Kier molecular flexibility index (Phi) is 5.34. The van der Waals surface area contributed by atoms with Crippen molar-refractivity contribution in [1.82, 2.24) is 15.1 Å². The van der Waals surface area contributed by atoms with Gasteiger partial charge in [0.15, 0.2) is 0 Å². The first-order valence-corrected chi connectivity index (χ1v) is 8.39. The highest BCUT2D eigenvalue weighted by atomic mass is 19.1. The molecule has 0 aromatic heterocycles. The number of benzene rings is 1. The van der Waals surface area contributed by atoms with E-state index in [2.05, 4.69) is 5.32 Å². The molecule has 6 nitrogen and oxygen atoms in total. The number of halogens is 2. The molecule has 0 aliphatic carbocycles. The van der Waals surface area contributed by atoms with Gasteiger partial charge in [0.05, 0.1) is 0 Å². The van der Waals surface area contributed by atoms with Gasteiger partial charge in [-0.3, -0.25) is 14.5 Å². The Morgan fingerprint density at radius 1 is 1.19 bits per heavy atom. The number of carbonyl (C=O) groups excluding carboxylic acids is 3. The predicted molar refractivity (Wildman–Crippen MR) is 91.1 cm³/mol. The van der Waals surface area contributed by atoms with E-state index < -0.39 is 41.6 Å². The van der Waals surface area contributed by atoms with Crippen LogP contribution in [0.2, 0.25) is 0 Å². The fourth-order valence-corrected chi connectivity index (χ4v) is 3.29. The Balaban J connectivity index is 2.31. The first-order valence-electron chi connectivity index (χ1n) is 8.39. The van der Waals surface area contributed by atoms with Crippen LogP contribution in [-0.4, -0.2) is 46.3 Å². The minimum atomic E-state index is -1.77. The highest BCUT2D eigenvalue weighted by Crippen LogP contribution is 2.31. The van der Waals surface area contributed by atoms with Crippen LogP contribution in [0.3, 0.4) is 0 Å². The van der Waals surface area contributed by atoms with Crippen LogP contribution in [0, 0.1) is 11.6 Å². The van der Waals surface area contributed by atoms with E-state index in [9.17, 15) is 23.2 Å². The Morgan fingerprint density at radius 3 is 2.31 bits per heavy atom. The monoisotopic (exact) mass is 367 g/mol. The van der Waals surface area contributed by atoms with Gasteiger partial charge in [0.2, 0.25) is 5.91 Å². The molecule has 1 aromatic carbocycles. The fraction of sp³-hybridized carbons (Fsp3) is 0.500. The number of rotatable bonds is 5. The summed E-state index contributed by atoms with van der Waals surface area (Å²) in [5.74, 6) is -2.75. The molecule has 1 aliphatic rings. The summed E-state index contributed by atoms with van der Waals surface area (Å²) in [4.78, 5) is 39.9. The number of nitrogens with one attached hydrogen (secondary N) is 1. The summed E-state index contributed by atoms with van der Waals surface area (Å²) in [5, 5.41) is 2.38. The zero-order valence-corrected chi connectivity index (χ0v) is 15.5. The summed E-state index contributed by atoms with van der Waals surface area (Å²) in [7, 11) is 0. The van der Waals surface area contributed by atoms with Gasteiger partial charge in [-0.15, -0.1) is 0 Å². The lowest BCUT2D eigenvalue weighted by Crippen LogP contribution is -2.49. The van der Waals surface area contributed by atoms with Gasteiger partial charge in [-0.05, 0) is 52.8 Å². The van der Waals surface area contributed by atoms with Gasteiger partial charge in [-0.1, -0.05) is 0 Å². The van der Waals surface area contributed by atoms with E-state index in [1.54, 1.807) is 4.90 Å². The van der Waals surface area contributed by atoms with Gasteiger partial charge >= 0.3 is 6.03 Å². The van der Waals surface area contributed by atoms with Crippen molar-refractivity contribution in [3.05, 3.63) is 35.4 Å². The first-order chi connectivity index (χ1) is 12.0. The molecule has 0 spiro atoms. The van der Waals surface area contributed by atoms with Crippen molar-refractivity contribution in [2.75, 3.05) is 6.54 Å². The Hall–Kier alpha value is -2.51. The van der Waals surface area contributed by atoms with Crippen molar-refractivity contribution < 1.29 is 23.2 Å². The highest BCUT2D eigenvalue weighted by molar-refractivity contribution is 6.09. The molecular formula is C18H23F2N3O3. The fourth-order valence-electron chi connectivity index (χ4n) is 3.29. The molecule has 26 heavy (non-hydrogen) atoms. The predicted octanol–water partition coefficient (Wildman–Crippen LogP) is 2.38. The Bertz CT molecular complexity index is 743. The van der Waals surface area contributed by atoms with E-state index in [0.717, 1.165) is 23.1 Å². The third-order valence-electron chi connectivity index (χ3n) is 4.44. The minimum Gasteiger partial charge on any atom is -0.336 e. The molecule has 8 heteroatoms. The topological polar surface area (TPSA) is 69.7 Å². The molecule has 1 atom stereocenters. The van der Waals surface area contributed by atoms with Crippen LogP contribution in [0.5, 0.6) is 0 Å². The number of nitrogens with zero attached hydrogens (tertiary/aromatic N) is 2. The van der Waals surface area contributed by atoms with Gasteiger partial charge in [-0.2, -0.15) is 0 Å². The van der Waals surface area contributed by atoms with Crippen molar-refractivity contribution in [3.63, 3.8) is 0 Å². The summed E-state index contributed by atoms with van der Waals surface area (Å²) >= 11 is 0. The van der Waals surface area contributed by atoms with Crippen LogP contribution in [0.4, 0.5) is 13.6 Å². The van der Waals surface area contributed by atoms with E-state index >= 15 is 0 Å². The van der Waals surface area contributed by atoms with Gasteiger partial charge < -0.3 is 10.2 Å². The van der Waals surface area contributed by atoms with Gasteiger partial charge in [0.25, 0.3) is 5.91 Å². The molecule has 1 heterocycles. The molecule has 142 valence electrons. The second-order valence-electron chi connectivity index (χ2n) is 7.06. The van der Waals surface area contributed by atoms with Crippen molar-refractivity contribution in [2.45, 2.75) is 52.2 Å². The SMILES string of the molecule is CC(C)N(C(=O)CN1C(=O)N[C@@](C)(c2cc(F)ccc2F)C1=O)C(C)C. The van der Waals surface area contributed by atoms with E-state index in [-0.39, 0.29) is 17.6 Å². The molecule has 0 bridgehead atoms. The lowest BCUT2D eigenvalue weighted by Gasteiger charge is -2.32. The second-order valence-corrected chi connectivity index (χ2v) is 7.06. The molecule has 0 unspecified atom stereocenters. The molecule has 1 saturated heterocycles. The molecular weight excluding hydrogens is 344 g/mol. The zero-order valence-electron chi connectivity index (χ0n) is 15.5. The van der Waals surface area contributed by atoms with Crippen LogP contribution in [0.25, 0.3) is 0 Å². The third kappa shape index (κ3) is 3.40. The number of amides is 4. The van der Waals surface area contributed by atoms with Crippen molar-refractivity contribution >= 4 is 17.8 Å². The first kappa shape index (κ1) is 19.8. The van der Waals surface area contributed by atoms with E-state index in [4.69, 9.17) is 0 Å². The van der Waals surface area contributed by atoms with Crippen molar-refractivity contribution in [1.29, 1.82) is 0 Å². The zero-order chi connectivity index (χ0) is 19.8. The molecule has 1 aromatic rings. The van der Waals surface area contributed by atoms with Crippen LogP contribution < -0.4 is 5.32 Å². The molecule has 4 amide bonds. The smallest absolute Gasteiger partial charge is 0.325 e. The van der Waals surface area contributed by atoms with E-state index in [1.165, 1.54) is 6.92 Å². The van der Waals surface area contributed by atoms with Gasteiger partial charge in [-0.25, -0.2) is 13.6 Å². The van der Waals surface area contributed by atoms with Crippen LogP contribution >= 0.6 is 0 Å². The van der Waals surface area contributed by atoms with Crippen LogP contribution in [0.1, 0.15) is 40.2 Å². The minimum absolute atomic E-state index is 0.115. The lowest BCUT2D eigenvalue weighted by molar-refractivity contribution is -0.141. The number of imide groups is 1. The maximum absolute atomic E-state index is 14.1. The molecule has 1 N–H and O–H groups in total. The van der Waals surface area contributed by atoms with Gasteiger partial charge in [0.1, 0.15) is 23.7 Å². The van der Waals surface area contributed by atoms with Crippen molar-refractivity contribution in [3.8, 4) is 0 Å². The highest BCUT2D eigenvalue weighted by Gasteiger charge is 2.51. The average molecular weight is 367 g/mol. The summed E-state index contributed by atoms with van der Waals surface area (Å²) in [6.45, 7) is 8.14. The number of hydrogen-bond donors (Lipinski definition) is 1. The molecule has 1 fully saturated rings. The second kappa shape index (κ2) is 7.01. The van der Waals surface area contributed by atoms with E-state index in [1.807, 2.05) is 27.7 Å². The third-order valence-corrected chi connectivity index (χ3v) is 4.44. The number of carbonyl (C=O) groups is 3. The average Bonchev–Trinajstić information content (AvgIpc) is 2.73. The number of urea groups is 1. The standard InChI is InChI=1S/C18H23F2N3O3/c1-10(2)23(11(3)4)15(24)9-22-16(25)18(5,21-17(22)26)13-8-12(19)6-7-14(13)20/h6-8,10-11H,9H2,1-5H3,(H,21,26)/t18-/m0/s1. The maximum atomic E-state index is 14.1. The number of hydrogen-bond acceptors (Lipinski definition) is 3. The van der Waals surface area contributed by atoms with Crippen molar-refractivity contribution in [2.24, 2.45) is 0 Å². The van der Waals surface area contributed by atoms with Gasteiger partial charge in [0, 0.05) is 17.6 Å². The lowest BCUT2D eigenvalue weighted by atomic mass is 9.91. The Morgan fingerprint density at radius 2 is 1.77 bits per heavy atom. The summed E-state index contributed by atoms with van der Waals surface area (Å²) in [6.07, 6.45) is 0. The molecule has 2 rings (SSSR count). The summed E-state index contributed by atoms with van der Waals surface area (Å²) in [6, 6.07) is 1.64. The molecule has 0 saturated carbocycles. The van der Waals surface area contributed by atoms with Crippen LogP contribution in [-0.2, 0) is 15.1 Å². The van der Waals surface area contributed by atoms with Crippen LogP contribution in [0.15, 0.2) is 18.2 Å². The summed E-state index contributed by atoms with van der Waals surface area (Å²) in [5.41, 5.74) is -2.06. The normalized spacial score (nSPS) is 20.1. The molecule has 0 radical (unpaired) electrons. The quantitative estimate of drug-likeness (QED) is 0.813. The maximum Gasteiger partial charge on any atom is 0.325 e. The Labute approximate surface area is 151 Å².